The molecule has 28 heavy (non-hydrogen) atoms. The van der Waals surface area contributed by atoms with Gasteiger partial charge in [-0.2, -0.15) is 18.2 Å². The highest BCUT2D eigenvalue weighted by molar-refractivity contribution is 7.98. The summed E-state index contributed by atoms with van der Waals surface area (Å²) in [7, 11) is 0. The summed E-state index contributed by atoms with van der Waals surface area (Å²) in [6, 6.07) is -0.392. The van der Waals surface area contributed by atoms with Crippen molar-refractivity contribution in [3.05, 3.63) is 17.0 Å². The maximum Gasteiger partial charge on any atom is 0.406 e. The van der Waals surface area contributed by atoms with Gasteiger partial charge < -0.3 is 4.90 Å². The van der Waals surface area contributed by atoms with Gasteiger partial charge in [-0.05, 0) is 57.8 Å². The zero-order chi connectivity index (χ0) is 20.6. The van der Waals surface area contributed by atoms with Gasteiger partial charge in [-0.25, -0.2) is 9.50 Å². The van der Waals surface area contributed by atoms with Crippen LogP contribution in [0.5, 0.6) is 0 Å². The molecular formula is C18H24F3N5OS. The van der Waals surface area contributed by atoms with Crippen LogP contribution in [0.1, 0.15) is 43.1 Å². The highest BCUT2D eigenvalue weighted by Crippen LogP contribution is 2.36. The van der Waals surface area contributed by atoms with Crippen LogP contribution < -0.4 is 0 Å². The number of alkyl halides is 3. The van der Waals surface area contributed by atoms with Gasteiger partial charge in [0.05, 0.1) is 0 Å². The molecule has 0 radical (unpaired) electrons. The molecule has 6 nitrogen and oxygen atoms in total. The number of hydrogen-bond acceptors (Lipinski definition) is 5. The second-order valence-corrected chi connectivity index (χ2v) is 8.06. The molecule has 1 amide bonds. The molecule has 2 heterocycles. The largest absolute Gasteiger partial charge is 0.406 e. The smallest absolute Gasteiger partial charge is 0.331 e. The summed E-state index contributed by atoms with van der Waals surface area (Å²) < 4.78 is 40.6. The molecule has 1 unspecified atom stereocenters. The summed E-state index contributed by atoms with van der Waals surface area (Å²) in [5, 5.41) is 4.96. The molecule has 154 valence electrons. The Balaban J connectivity index is 1.78. The number of nitrogens with zero attached hydrogens (tertiary/aromatic N) is 5. The molecule has 0 spiro atoms. The third kappa shape index (κ3) is 4.59. The van der Waals surface area contributed by atoms with E-state index in [-0.39, 0.29) is 12.3 Å². The number of aromatic nitrogens is 4. The Labute approximate surface area is 165 Å². The van der Waals surface area contributed by atoms with Gasteiger partial charge in [-0.15, -0.1) is 5.10 Å². The number of carbonyl (C=O) groups excluding carboxylic acids is 1. The molecule has 0 aliphatic heterocycles. The molecule has 0 N–H and O–H groups in total. The first kappa shape index (κ1) is 20.9. The van der Waals surface area contributed by atoms with E-state index in [2.05, 4.69) is 15.1 Å². The second-order valence-electron chi connectivity index (χ2n) is 7.29. The summed E-state index contributed by atoms with van der Waals surface area (Å²) in [6.45, 7) is 4.20. The van der Waals surface area contributed by atoms with Gasteiger partial charge in [0.25, 0.3) is 5.78 Å². The quantitative estimate of drug-likeness (QED) is 0.647. The van der Waals surface area contributed by atoms with E-state index in [0.717, 1.165) is 34.7 Å². The van der Waals surface area contributed by atoms with Gasteiger partial charge in [0, 0.05) is 23.9 Å². The van der Waals surface area contributed by atoms with Crippen molar-refractivity contribution in [3.8, 4) is 0 Å². The number of thioether (sulfide) groups is 1. The lowest BCUT2D eigenvalue weighted by Crippen LogP contribution is -2.45. The van der Waals surface area contributed by atoms with Crippen LogP contribution in [0.25, 0.3) is 5.78 Å². The summed E-state index contributed by atoms with van der Waals surface area (Å²) in [6.07, 6.45) is -0.448. The van der Waals surface area contributed by atoms with Crippen molar-refractivity contribution in [2.24, 2.45) is 5.92 Å². The fourth-order valence-electron chi connectivity index (χ4n) is 3.50. The van der Waals surface area contributed by atoms with Gasteiger partial charge in [0.1, 0.15) is 6.54 Å². The van der Waals surface area contributed by atoms with Gasteiger partial charge >= 0.3 is 6.18 Å². The van der Waals surface area contributed by atoms with E-state index in [1.54, 1.807) is 11.4 Å². The fraction of sp³-hybridized carbons (Fsp3) is 0.667. The van der Waals surface area contributed by atoms with E-state index in [0.29, 0.717) is 17.4 Å². The molecule has 1 fully saturated rings. The number of hydrogen-bond donors (Lipinski definition) is 0. The Morgan fingerprint density at radius 2 is 2.00 bits per heavy atom. The van der Waals surface area contributed by atoms with E-state index in [4.69, 9.17) is 0 Å². The lowest BCUT2D eigenvalue weighted by Gasteiger charge is -2.30. The number of fused-ring (bicyclic) bond motifs is 1. The normalized spacial score (nSPS) is 15.8. The Bertz CT molecular complexity index is 878. The number of aryl methyl sites for hydroxylation is 2. The average molecular weight is 415 g/mol. The summed E-state index contributed by atoms with van der Waals surface area (Å²) in [5.41, 5.74) is 2.35. The standard InChI is InChI=1S/C18H24F3N5OS/c1-10-14(12(3)26-16(22-10)23-17(24-26)28-4)7-8-15(27)25(9-18(19,20)21)11(2)13-5-6-13/h11,13H,5-9H2,1-4H3. The highest BCUT2D eigenvalue weighted by atomic mass is 32.2. The number of carbonyl (C=O) groups is 1. The molecule has 2 aromatic heterocycles. The van der Waals surface area contributed by atoms with Crippen molar-refractivity contribution in [1.82, 2.24) is 24.5 Å². The fourth-order valence-corrected chi connectivity index (χ4v) is 3.84. The molecule has 3 rings (SSSR count). The molecular weight excluding hydrogens is 391 g/mol. The molecule has 2 aromatic rings. The van der Waals surface area contributed by atoms with Gasteiger partial charge in [0.15, 0.2) is 0 Å². The molecule has 1 saturated carbocycles. The Morgan fingerprint density at radius 1 is 1.32 bits per heavy atom. The van der Waals surface area contributed by atoms with Crippen LogP contribution in [0, 0.1) is 19.8 Å². The van der Waals surface area contributed by atoms with Gasteiger partial charge in [-0.1, -0.05) is 11.8 Å². The van der Waals surface area contributed by atoms with Crippen molar-refractivity contribution in [3.63, 3.8) is 0 Å². The first-order valence-electron chi connectivity index (χ1n) is 9.23. The highest BCUT2D eigenvalue weighted by Gasteiger charge is 2.40. The zero-order valence-corrected chi connectivity index (χ0v) is 17.2. The third-order valence-corrected chi connectivity index (χ3v) is 5.80. The van der Waals surface area contributed by atoms with E-state index in [1.165, 1.54) is 11.8 Å². The summed E-state index contributed by atoms with van der Waals surface area (Å²) in [4.78, 5) is 22.4. The Morgan fingerprint density at radius 3 is 2.57 bits per heavy atom. The zero-order valence-electron chi connectivity index (χ0n) is 16.4. The maximum absolute atomic E-state index is 13.0. The molecule has 1 aliphatic carbocycles. The van der Waals surface area contributed by atoms with Crippen LogP contribution in [0.3, 0.4) is 0 Å². The van der Waals surface area contributed by atoms with Crippen LogP contribution in [0.15, 0.2) is 5.16 Å². The molecule has 1 aliphatic rings. The minimum Gasteiger partial charge on any atom is -0.331 e. The lowest BCUT2D eigenvalue weighted by atomic mass is 10.0. The molecule has 0 aromatic carbocycles. The van der Waals surface area contributed by atoms with Gasteiger partial charge in [0.2, 0.25) is 11.1 Å². The minimum atomic E-state index is -4.40. The number of rotatable bonds is 7. The first-order chi connectivity index (χ1) is 13.1. The van der Waals surface area contributed by atoms with E-state index < -0.39 is 24.7 Å². The number of halogens is 3. The third-order valence-electron chi connectivity index (χ3n) is 5.27. The van der Waals surface area contributed by atoms with Crippen LogP contribution in [-0.2, 0) is 11.2 Å². The maximum atomic E-state index is 13.0. The van der Waals surface area contributed by atoms with E-state index in [9.17, 15) is 18.0 Å². The molecule has 1 atom stereocenters. The van der Waals surface area contributed by atoms with Crippen LogP contribution in [0.4, 0.5) is 13.2 Å². The SMILES string of the molecule is CSc1nc2nc(C)c(CCC(=O)N(CC(F)(F)F)C(C)C3CC3)c(C)n2n1. The van der Waals surface area contributed by atoms with Crippen molar-refractivity contribution < 1.29 is 18.0 Å². The van der Waals surface area contributed by atoms with Gasteiger partial charge in [-0.3, -0.25) is 4.79 Å². The predicted molar refractivity (Wildman–Crippen MR) is 100 cm³/mol. The Kier molecular flexibility index (Phi) is 5.88. The topological polar surface area (TPSA) is 63.4 Å². The molecule has 0 saturated heterocycles. The van der Waals surface area contributed by atoms with Crippen molar-refractivity contribution in [1.29, 1.82) is 0 Å². The lowest BCUT2D eigenvalue weighted by molar-refractivity contribution is -0.166. The van der Waals surface area contributed by atoms with Crippen molar-refractivity contribution >= 4 is 23.4 Å². The summed E-state index contributed by atoms with van der Waals surface area (Å²) >= 11 is 1.40. The molecule has 10 heteroatoms. The first-order valence-corrected chi connectivity index (χ1v) is 10.5. The average Bonchev–Trinajstić information content (AvgIpc) is 3.38. The van der Waals surface area contributed by atoms with Crippen molar-refractivity contribution in [2.75, 3.05) is 12.8 Å². The van der Waals surface area contributed by atoms with E-state index in [1.807, 2.05) is 20.1 Å². The monoisotopic (exact) mass is 415 g/mol. The summed E-state index contributed by atoms with van der Waals surface area (Å²) in [5.74, 6) is 0.183. The Hall–Kier alpha value is -1.84. The second kappa shape index (κ2) is 7.88. The van der Waals surface area contributed by atoms with Crippen LogP contribution in [0.2, 0.25) is 0 Å². The minimum absolute atomic E-state index is 0.00604. The number of amides is 1. The predicted octanol–water partition coefficient (Wildman–Crippen LogP) is 3.59. The van der Waals surface area contributed by atoms with Crippen molar-refractivity contribution in [2.45, 2.75) is 63.8 Å². The molecule has 0 bridgehead atoms. The van der Waals surface area contributed by atoms with Crippen LogP contribution in [-0.4, -0.2) is 55.4 Å². The van der Waals surface area contributed by atoms with Crippen LogP contribution >= 0.6 is 11.8 Å². The van der Waals surface area contributed by atoms with E-state index >= 15 is 0 Å².